The van der Waals surface area contributed by atoms with Gasteiger partial charge in [0.25, 0.3) is 5.91 Å². The average Bonchev–Trinajstić information content (AvgIpc) is 2.55. The van der Waals surface area contributed by atoms with E-state index in [0.717, 1.165) is 5.69 Å². The fourth-order valence-electron chi connectivity index (χ4n) is 2.72. The molecule has 0 saturated carbocycles. The molecule has 0 saturated heterocycles. The van der Waals surface area contributed by atoms with E-state index in [4.69, 9.17) is 4.74 Å². The fraction of sp³-hybridized carbons (Fsp3) is 0.263. The van der Waals surface area contributed by atoms with Gasteiger partial charge in [-0.25, -0.2) is 0 Å². The van der Waals surface area contributed by atoms with Crippen molar-refractivity contribution in [1.82, 2.24) is 0 Å². The van der Waals surface area contributed by atoms with Crippen molar-refractivity contribution in [3.05, 3.63) is 48.0 Å². The third-order valence-electron chi connectivity index (χ3n) is 3.82. The van der Waals surface area contributed by atoms with Gasteiger partial charge in [0, 0.05) is 12.6 Å². The van der Waals surface area contributed by atoms with Crippen LogP contribution in [0.3, 0.4) is 0 Å². The molecular formula is C19H21N3O3. The maximum absolute atomic E-state index is 12.6. The lowest BCUT2D eigenvalue weighted by Crippen LogP contribution is -2.35. The number of likely N-dealkylation sites (N-methyl/N-ethyl adjacent to an activating group) is 1. The molecule has 0 aromatic heterocycles. The number of para-hydroxylation sites is 2. The topological polar surface area (TPSA) is 70.7 Å². The van der Waals surface area contributed by atoms with Crippen molar-refractivity contribution in [3.8, 4) is 5.75 Å². The largest absolute Gasteiger partial charge is 0.489 e. The first-order valence-electron chi connectivity index (χ1n) is 8.16. The summed E-state index contributed by atoms with van der Waals surface area (Å²) in [6.07, 6.45) is 0.00699. The summed E-state index contributed by atoms with van der Waals surface area (Å²) in [6, 6.07) is 12.6. The van der Waals surface area contributed by atoms with E-state index in [1.54, 1.807) is 18.2 Å². The summed E-state index contributed by atoms with van der Waals surface area (Å²) in [5.74, 6) is 0.269. The van der Waals surface area contributed by atoms with E-state index >= 15 is 0 Å². The molecule has 6 heteroatoms. The molecule has 0 atom stereocenters. The first-order chi connectivity index (χ1) is 11.9. The smallest absolute Gasteiger partial charge is 0.255 e. The molecule has 2 aromatic carbocycles. The Morgan fingerprint density at radius 3 is 2.76 bits per heavy atom. The molecule has 1 aliphatic rings. The first-order valence-corrected chi connectivity index (χ1v) is 8.16. The summed E-state index contributed by atoms with van der Waals surface area (Å²) >= 11 is 0. The van der Waals surface area contributed by atoms with Gasteiger partial charge in [-0.1, -0.05) is 12.1 Å². The van der Waals surface area contributed by atoms with Crippen LogP contribution in [-0.4, -0.2) is 31.5 Å². The number of amides is 2. The standard InChI is InChI=1S/C19H21N3O3/c1-12(2)25-17-7-5-4-6-14(17)21-19(24)13-8-9-16-15(10-13)20-18(23)11-22(16)3/h4-10,12H,11H2,1-3H3,(H,20,23)(H,21,24). The Balaban J connectivity index is 1.83. The Hall–Kier alpha value is -3.02. The van der Waals surface area contributed by atoms with Crippen LogP contribution in [0.25, 0.3) is 0 Å². The second-order valence-corrected chi connectivity index (χ2v) is 6.25. The SMILES string of the molecule is CC(C)Oc1ccccc1NC(=O)c1ccc2c(c1)NC(=O)CN2C. The van der Waals surface area contributed by atoms with Crippen LogP contribution < -0.4 is 20.3 Å². The van der Waals surface area contributed by atoms with Gasteiger partial charge < -0.3 is 20.3 Å². The number of anilines is 3. The predicted octanol–water partition coefficient (Wildman–Crippen LogP) is 3.11. The van der Waals surface area contributed by atoms with Gasteiger partial charge in [-0.05, 0) is 44.2 Å². The number of carbonyl (C=O) groups excluding carboxylic acids is 2. The quantitative estimate of drug-likeness (QED) is 0.898. The highest BCUT2D eigenvalue weighted by Gasteiger charge is 2.20. The van der Waals surface area contributed by atoms with Crippen LogP contribution in [0.4, 0.5) is 17.1 Å². The zero-order chi connectivity index (χ0) is 18.0. The summed E-state index contributed by atoms with van der Waals surface area (Å²) in [5.41, 5.74) is 2.60. The Morgan fingerprint density at radius 2 is 2.00 bits per heavy atom. The highest BCUT2D eigenvalue weighted by molar-refractivity contribution is 6.08. The summed E-state index contributed by atoms with van der Waals surface area (Å²) in [7, 11) is 1.84. The van der Waals surface area contributed by atoms with Gasteiger partial charge in [0.05, 0.1) is 29.7 Å². The van der Waals surface area contributed by atoms with Gasteiger partial charge in [-0.3, -0.25) is 9.59 Å². The molecular weight excluding hydrogens is 318 g/mol. The second kappa shape index (κ2) is 6.84. The molecule has 0 spiro atoms. The van der Waals surface area contributed by atoms with Crippen molar-refractivity contribution in [1.29, 1.82) is 0 Å². The third kappa shape index (κ3) is 3.74. The van der Waals surface area contributed by atoms with Crippen LogP contribution in [0, 0.1) is 0 Å². The lowest BCUT2D eigenvalue weighted by atomic mass is 10.1. The molecule has 2 amide bonds. The fourth-order valence-corrected chi connectivity index (χ4v) is 2.72. The lowest BCUT2D eigenvalue weighted by molar-refractivity contribution is -0.115. The molecule has 1 aliphatic heterocycles. The van der Waals surface area contributed by atoms with E-state index in [0.29, 0.717) is 29.2 Å². The summed E-state index contributed by atoms with van der Waals surface area (Å²) < 4.78 is 5.72. The van der Waals surface area contributed by atoms with E-state index in [1.807, 2.05) is 50.1 Å². The maximum atomic E-state index is 12.6. The molecule has 0 unspecified atom stereocenters. The molecule has 2 N–H and O–H groups in total. The molecule has 3 rings (SSSR count). The van der Waals surface area contributed by atoms with Crippen LogP contribution in [0.2, 0.25) is 0 Å². The van der Waals surface area contributed by atoms with Crippen molar-refractivity contribution in [3.63, 3.8) is 0 Å². The van der Waals surface area contributed by atoms with E-state index in [-0.39, 0.29) is 17.9 Å². The number of carbonyl (C=O) groups is 2. The molecule has 1 heterocycles. The number of nitrogens with one attached hydrogen (secondary N) is 2. The van der Waals surface area contributed by atoms with Crippen molar-refractivity contribution in [2.24, 2.45) is 0 Å². The molecule has 6 nitrogen and oxygen atoms in total. The Labute approximate surface area is 146 Å². The molecule has 0 fully saturated rings. The zero-order valence-electron chi connectivity index (χ0n) is 14.5. The van der Waals surface area contributed by atoms with Gasteiger partial charge in [0.1, 0.15) is 5.75 Å². The van der Waals surface area contributed by atoms with E-state index in [9.17, 15) is 9.59 Å². The molecule has 0 bridgehead atoms. The molecule has 130 valence electrons. The number of nitrogens with zero attached hydrogens (tertiary/aromatic N) is 1. The summed E-state index contributed by atoms with van der Waals surface area (Å²) in [5, 5.41) is 5.67. The summed E-state index contributed by atoms with van der Waals surface area (Å²) in [4.78, 5) is 26.1. The molecule has 2 aromatic rings. The van der Waals surface area contributed by atoms with Crippen LogP contribution in [0.5, 0.6) is 5.75 Å². The van der Waals surface area contributed by atoms with Gasteiger partial charge in [-0.15, -0.1) is 0 Å². The second-order valence-electron chi connectivity index (χ2n) is 6.25. The highest BCUT2D eigenvalue weighted by Crippen LogP contribution is 2.30. The van der Waals surface area contributed by atoms with Crippen LogP contribution >= 0.6 is 0 Å². The van der Waals surface area contributed by atoms with E-state index in [1.165, 1.54) is 0 Å². The Morgan fingerprint density at radius 1 is 1.24 bits per heavy atom. The minimum atomic E-state index is -0.259. The first kappa shape index (κ1) is 16.8. The zero-order valence-corrected chi connectivity index (χ0v) is 14.5. The van der Waals surface area contributed by atoms with Crippen LogP contribution in [0.1, 0.15) is 24.2 Å². The number of hydrogen-bond donors (Lipinski definition) is 2. The monoisotopic (exact) mass is 339 g/mol. The van der Waals surface area contributed by atoms with E-state index < -0.39 is 0 Å². The predicted molar refractivity (Wildman–Crippen MR) is 98.5 cm³/mol. The van der Waals surface area contributed by atoms with Crippen molar-refractivity contribution < 1.29 is 14.3 Å². The van der Waals surface area contributed by atoms with Gasteiger partial charge in [0.15, 0.2) is 0 Å². The third-order valence-corrected chi connectivity index (χ3v) is 3.82. The molecule has 0 radical (unpaired) electrons. The maximum Gasteiger partial charge on any atom is 0.255 e. The van der Waals surface area contributed by atoms with Crippen molar-refractivity contribution in [2.75, 3.05) is 29.1 Å². The number of hydrogen-bond acceptors (Lipinski definition) is 4. The molecule has 0 aliphatic carbocycles. The van der Waals surface area contributed by atoms with Gasteiger partial charge in [-0.2, -0.15) is 0 Å². The Bertz CT molecular complexity index is 817. The normalized spacial score (nSPS) is 13.3. The Kier molecular flexibility index (Phi) is 4.61. The van der Waals surface area contributed by atoms with Crippen molar-refractivity contribution in [2.45, 2.75) is 20.0 Å². The van der Waals surface area contributed by atoms with Gasteiger partial charge >= 0.3 is 0 Å². The molecule has 25 heavy (non-hydrogen) atoms. The minimum Gasteiger partial charge on any atom is -0.489 e. The highest BCUT2D eigenvalue weighted by atomic mass is 16.5. The lowest BCUT2D eigenvalue weighted by Gasteiger charge is -2.27. The minimum absolute atomic E-state index is 0.00699. The van der Waals surface area contributed by atoms with Gasteiger partial charge in [0.2, 0.25) is 5.91 Å². The van der Waals surface area contributed by atoms with E-state index in [2.05, 4.69) is 10.6 Å². The van der Waals surface area contributed by atoms with Crippen LogP contribution in [-0.2, 0) is 4.79 Å². The average molecular weight is 339 g/mol. The van der Waals surface area contributed by atoms with Crippen LogP contribution in [0.15, 0.2) is 42.5 Å². The summed E-state index contributed by atoms with van der Waals surface area (Å²) in [6.45, 7) is 4.17. The number of rotatable bonds is 4. The van der Waals surface area contributed by atoms with Crippen molar-refractivity contribution >= 4 is 28.9 Å². The number of ether oxygens (including phenoxy) is 1. The number of benzene rings is 2. The number of fused-ring (bicyclic) bond motifs is 1.